The summed E-state index contributed by atoms with van der Waals surface area (Å²) in [6.07, 6.45) is 6.14. The molecule has 7 nitrogen and oxygen atoms in total. The molecule has 8 heteroatoms. The van der Waals surface area contributed by atoms with Gasteiger partial charge in [-0.25, -0.2) is 9.37 Å². The van der Waals surface area contributed by atoms with Crippen LogP contribution in [0.5, 0.6) is 0 Å². The van der Waals surface area contributed by atoms with Crippen molar-refractivity contribution in [2.45, 2.75) is 38.3 Å². The van der Waals surface area contributed by atoms with Crippen LogP contribution in [0, 0.1) is 17.7 Å². The number of hydrogen-bond donors (Lipinski definition) is 3. The minimum atomic E-state index is -0.225. The first-order valence-corrected chi connectivity index (χ1v) is 11.9. The average Bonchev–Trinajstić information content (AvgIpc) is 3.34. The summed E-state index contributed by atoms with van der Waals surface area (Å²) >= 11 is 0. The van der Waals surface area contributed by atoms with E-state index in [1.54, 1.807) is 18.6 Å². The first-order valence-electron chi connectivity index (χ1n) is 11.9. The van der Waals surface area contributed by atoms with Crippen molar-refractivity contribution in [1.29, 1.82) is 0 Å². The number of aromatic amines is 1. The second-order valence-electron chi connectivity index (χ2n) is 9.49. The number of H-pyrrole nitrogens is 1. The topological polar surface area (TPSA) is 76.3 Å². The van der Waals surface area contributed by atoms with Gasteiger partial charge in [0, 0.05) is 62.0 Å². The summed E-state index contributed by atoms with van der Waals surface area (Å²) in [5, 5.41) is 6.97. The number of aromatic nitrogens is 2. The smallest absolute Gasteiger partial charge is 0.223 e. The third kappa shape index (κ3) is 4.38. The van der Waals surface area contributed by atoms with Gasteiger partial charge in [-0.1, -0.05) is 6.92 Å². The highest BCUT2D eigenvalue weighted by molar-refractivity contribution is 5.80. The predicted molar refractivity (Wildman–Crippen MR) is 123 cm³/mol. The number of carbonyl (C=O) groups excluding carboxylic acids is 1. The Labute approximate surface area is 188 Å². The number of amides is 1. The Bertz CT molecular complexity index is 927. The number of anilines is 1. The molecule has 0 saturated carbocycles. The molecule has 172 valence electrons. The Balaban J connectivity index is 1.13. The number of nitrogens with zero attached hydrogens (tertiary/aromatic N) is 3. The van der Waals surface area contributed by atoms with Crippen molar-refractivity contribution in [3.05, 3.63) is 36.5 Å². The van der Waals surface area contributed by atoms with Crippen LogP contribution >= 0.6 is 0 Å². The summed E-state index contributed by atoms with van der Waals surface area (Å²) in [5.74, 6) is 0.714. The number of halogens is 1. The highest BCUT2D eigenvalue weighted by Gasteiger charge is 2.39. The molecule has 1 aromatic heterocycles. The first-order chi connectivity index (χ1) is 15.6. The minimum absolute atomic E-state index is 0.159. The summed E-state index contributed by atoms with van der Waals surface area (Å²) in [5.41, 5.74) is 2.18. The molecule has 3 N–H and O–H groups in total. The third-order valence-corrected chi connectivity index (χ3v) is 7.47. The van der Waals surface area contributed by atoms with Crippen molar-refractivity contribution in [3.8, 4) is 11.3 Å². The predicted octanol–water partition coefficient (Wildman–Crippen LogP) is 2.23. The maximum Gasteiger partial charge on any atom is 0.223 e. The Hall–Kier alpha value is -2.45. The highest BCUT2D eigenvalue weighted by atomic mass is 19.1. The van der Waals surface area contributed by atoms with Crippen molar-refractivity contribution >= 4 is 11.6 Å². The lowest BCUT2D eigenvalue weighted by molar-refractivity contribution is -0.129. The lowest BCUT2D eigenvalue weighted by Crippen LogP contribution is -2.62. The second kappa shape index (κ2) is 9.19. The van der Waals surface area contributed by atoms with Crippen LogP contribution in [0.4, 0.5) is 10.1 Å². The number of carbonyl (C=O) groups is 1. The molecular formula is C24H33FN6O. The molecule has 0 radical (unpaired) electrons. The number of imidazole rings is 1. The lowest BCUT2D eigenvalue weighted by Gasteiger charge is -2.44. The Kier molecular flexibility index (Phi) is 6.15. The van der Waals surface area contributed by atoms with E-state index >= 15 is 0 Å². The standard InChI is InChI=1S/C24H33FN6O/c1-2-17-10-21-22(29-24(17)32)9-16(12-27-21)14-30-5-7-31(8-6-30)18-3-4-19(20(25)11-18)23-13-26-15-28-23/h3-4,11,13,15-17,21-22,27H,2,5-10,12,14H2,1H3,(H,26,28)(H,29,32). The van der Waals surface area contributed by atoms with Gasteiger partial charge in [0.2, 0.25) is 5.91 Å². The van der Waals surface area contributed by atoms with Crippen LogP contribution in [-0.4, -0.2) is 72.1 Å². The van der Waals surface area contributed by atoms with Crippen LogP contribution in [0.2, 0.25) is 0 Å². The Morgan fingerprint density at radius 3 is 2.72 bits per heavy atom. The molecule has 3 fully saturated rings. The van der Waals surface area contributed by atoms with Crippen molar-refractivity contribution in [2.75, 3.05) is 44.2 Å². The zero-order valence-corrected chi connectivity index (χ0v) is 18.7. The fourth-order valence-corrected chi connectivity index (χ4v) is 5.56. The van der Waals surface area contributed by atoms with Crippen molar-refractivity contribution in [3.63, 3.8) is 0 Å². The molecule has 4 heterocycles. The average molecular weight is 441 g/mol. The number of hydrogen-bond acceptors (Lipinski definition) is 5. The lowest BCUT2D eigenvalue weighted by atomic mass is 9.80. The molecule has 3 aliphatic heterocycles. The summed E-state index contributed by atoms with van der Waals surface area (Å²) in [6, 6.07) is 6.14. The largest absolute Gasteiger partial charge is 0.369 e. The normalized spacial score (nSPS) is 28.9. The first kappa shape index (κ1) is 21.4. The van der Waals surface area contributed by atoms with Crippen LogP contribution in [0.25, 0.3) is 11.3 Å². The molecule has 0 aliphatic carbocycles. The van der Waals surface area contributed by atoms with E-state index < -0.39 is 0 Å². The summed E-state index contributed by atoms with van der Waals surface area (Å²) in [6.45, 7) is 7.89. The molecule has 3 saturated heterocycles. The van der Waals surface area contributed by atoms with E-state index in [9.17, 15) is 9.18 Å². The number of fused-ring (bicyclic) bond motifs is 1. The fourth-order valence-electron chi connectivity index (χ4n) is 5.56. The second-order valence-corrected chi connectivity index (χ2v) is 9.49. The third-order valence-electron chi connectivity index (χ3n) is 7.47. The van der Waals surface area contributed by atoms with Crippen LogP contribution in [0.15, 0.2) is 30.7 Å². The van der Waals surface area contributed by atoms with E-state index in [1.165, 1.54) is 0 Å². The van der Waals surface area contributed by atoms with E-state index in [0.29, 0.717) is 23.2 Å². The Morgan fingerprint density at radius 1 is 1.16 bits per heavy atom. The molecule has 32 heavy (non-hydrogen) atoms. The van der Waals surface area contributed by atoms with Gasteiger partial charge in [-0.15, -0.1) is 0 Å². The molecule has 2 aromatic rings. The molecule has 4 unspecified atom stereocenters. The van der Waals surface area contributed by atoms with Gasteiger partial charge in [0.15, 0.2) is 0 Å². The maximum absolute atomic E-state index is 14.6. The number of piperidine rings is 2. The van der Waals surface area contributed by atoms with Gasteiger partial charge in [0.25, 0.3) is 0 Å². The molecule has 1 amide bonds. The van der Waals surface area contributed by atoms with E-state index in [4.69, 9.17) is 0 Å². The summed E-state index contributed by atoms with van der Waals surface area (Å²) in [4.78, 5) is 24.0. The zero-order valence-electron chi connectivity index (χ0n) is 18.7. The Morgan fingerprint density at radius 2 is 2.00 bits per heavy atom. The van der Waals surface area contributed by atoms with Gasteiger partial charge in [0.05, 0.1) is 18.2 Å². The van der Waals surface area contributed by atoms with Gasteiger partial charge >= 0.3 is 0 Å². The summed E-state index contributed by atoms with van der Waals surface area (Å²) < 4.78 is 14.6. The van der Waals surface area contributed by atoms with Crippen molar-refractivity contribution in [1.82, 2.24) is 25.5 Å². The number of benzene rings is 1. The van der Waals surface area contributed by atoms with Gasteiger partial charge in [0.1, 0.15) is 5.82 Å². The molecule has 1 aromatic carbocycles. The molecule has 4 atom stereocenters. The van der Waals surface area contributed by atoms with Gasteiger partial charge < -0.3 is 20.5 Å². The van der Waals surface area contributed by atoms with Crippen LogP contribution in [-0.2, 0) is 4.79 Å². The zero-order chi connectivity index (χ0) is 22.1. The van der Waals surface area contributed by atoms with Crippen molar-refractivity contribution in [2.24, 2.45) is 11.8 Å². The van der Waals surface area contributed by atoms with Crippen LogP contribution < -0.4 is 15.5 Å². The quantitative estimate of drug-likeness (QED) is 0.665. The van der Waals surface area contributed by atoms with Crippen LogP contribution in [0.3, 0.4) is 0 Å². The SMILES string of the molecule is CCC1CC2NCC(CN3CCN(c4ccc(-c5cnc[nH]5)c(F)c4)CC3)CC2NC1=O. The van der Waals surface area contributed by atoms with E-state index in [0.717, 1.165) is 64.2 Å². The van der Waals surface area contributed by atoms with Gasteiger partial charge in [-0.2, -0.15) is 0 Å². The van der Waals surface area contributed by atoms with E-state index in [1.807, 2.05) is 12.1 Å². The maximum atomic E-state index is 14.6. The monoisotopic (exact) mass is 440 g/mol. The number of piperazine rings is 1. The van der Waals surface area contributed by atoms with E-state index in [2.05, 4.69) is 37.3 Å². The number of rotatable bonds is 5. The fraction of sp³-hybridized carbons (Fsp3) is 0.583. The van der Waals surface area contributed by atoms with Crippen molar-refractivity contribution < 1.29 is 9.18 Å². The highest BCUT2D eigenvalue weighted by Crippen LogP contribution is 2.28. The molecule has 5 rings (SSSR count). The van der Waals surface area contributed by atoms with Gasteiger partial charge in [-0.05, 0) is 49.9 Å². The van der Waals surface area contributed by atoms with Gasteiger partial charge in [-0.3, -0.25) is 9.69 Å². The molecule has 0 bridgehead atoms. The van der Waals surface area contributed by atoms with E-state index in [-0.39, 0.29) is 23.7 Å². The van der Waals surface area contributed by atoms with Crippen LogP contribution in [0.1, 0.15) is 26.2 Å². The minimum Gasteiger partial charge on any atom is -0.369 e. The molecule has 0 spiro atoms. The number of nitrogens with one attached hydrogen (secondary N) is 3. The molecular weight excluding hydrogens is 407 g/mol. The summed E-state index contributed by atoms with van der Waals surface area (Å²) in [7, 11) is 0. The molecule has 3 aliphatic rings.